The van der Waals surface area contributed by atoms with Crippen LogP contribution in [0.25, 0.3) is 0 Å². The molecule has 9 heteroatoms. The molecule has 0 aromatic heterocycles. The predicted octanol–water partition coefficient (Wildman–Crippen LogP) is 3.41. The third kappa shape index (κ3) is 2.82. The fraction of sp³-hybridized carbons (Fsp3) is 0.581. The third-order valence-electron chi connectivity index (χ3n) is 11.0. The Morgan fingerprint density at radius 1 is 1.18 bits per heavy atom. The Kier molecular flexibility index (Phi) is 5.59. The van der Waals surface area contributed by atoms with Crippen molar-refractivity contribution in [1.82, 2.24) is 0 Å². The maximum absolute atomic E-state index is 13.9. The van der Waals surface area contributed by atoms with E-state index in [1.165, 1.54) is 21.0 Å². The minimum Gasteiger partial charge on any atom is -0.469 e. The summed E-state index contributed by atoms with van der Waals surface area (Å²) in [5.74, 6) is -3.91. The zero-order chi connectivity index (χ0) is 28.8. The van der Waals surface area contributed by atoms with Crippen molar-refractivity contribution in [3.05, 3.63) is 48.0 Å². The molecule has 1 spiro atoms. The maximum atomic E-state index is 13.9. The van der Waals surface area contributed by atoms with Crippen molar-refractivity contribution >= 4 is 23.9 Å². The maximum Gasteiger partial charge on any atom is 0.316 e. The van der Waals surface area contributed by atoms with Gasteiger partial charge in [-0.15, -0.1) is 0 Å². The van der Waals surface area contributed by atoms with E-state index in [0.29, 0.717) is 25.7 Å². The molecule has 0 amide bonds. The molecule has 7 rings (SSSR count). The number of esters is 4. The number of fused-ring (bicyclic) bond motifs is 5. The summed E-state index contributed by atoms with van der Waals surface area (Å²) < 4.78 is 23.2. The number of carbonyl (C=O) groups excluding carboxylic acids is 4. The van der Waals surface area contributed by atoms with Gasteiger partial charge in [0.1, 0.15) is 16.9 Å². The molecule has 0 unspecified atom stereocenters. The van der Waals surface area contributed by atoms with Crippen molar-refractivity contribution in [3.8, 4) is 6.07 Å². The van der Waals surface area contributed by atoms with Gasteiger partial charge in [-0.25, -0.2) is 0 Å². The first-order chi connectivity index (χ1) is 19.0. The topological polar surface area (TPSA) is 129 Å². The van der Waals surface area contributed by atoms with Gasteiger partial charge in [-0.2, -0.15) is 5.26 Å². The van der Waals surface area contributed by atoms with Gasteiger partial charge in [0.15, 0.2) is 12.2 Å². The van der Waals surface area contributed by atoms with Gasteiger partial charge in [0.05, 0.1) is 19.1 Å². The van der Waals surface area contributed by atoms with Gasteiger partial charge in [-0.3, -0.25) is 19.2 Å². The first kappa shape index (κ1) is 26.5. The molecule has 0 N–H and O–H groups in total. The largest absolute Gasteiger partial charge is 0.469 e. The van der Waals surface area contributed by atoms with Crippen LogP contribution in [0, 0.1) is 45.8 Å². The van der Waals surface area contributed by atoms with Crippen molar-refractivity contribution in [2.24, 2.45) is 34.5 Å². The van der Waals surface area contributed by atoms with Crippen LogP contribution < -0.4 is 0 Å². The Balaban J connectivity index is 0.000000925. The van der Waals surface area contributed by atoms with Gasteiger partial charge in [-0.1, -0.05) is 36.9 Å². The Bertz CT molecular complexity index is 1380. The van der Waals surface area contributed by atoms with Gasteiger partial charge >= 0.3 is 23.9 Å². The van der Waals surface area contributed by atoms with Gasteiger partial charge in [-0.05, 0) is 55.1 Å². The van der Waals surface area contributed by atoms with Crippen LogP contribution in [0.4, 0.5) is 0 Å². The van der Waals surface area contributed by atoms with Gasteiger partial charge in [0, 0.05) is 25.2 Å². The summed E-state index contributed by atoms with van der Waals surface area (Å²) in [4.78, 5) is 53.5. The first-order valence-electron chi connectivity index (χ1n) is 13.7. The molecule has 6 bridgehead atoms. The highest BCUT2D eigenvalue weighted by Crippen LogP contribution is 2.82. The monoisotopic (exact) mass is 547 g/mol. The lowest BCUT2D eigenvalue weighted by Gasteiger charge is -2.52. The summed E-state index contributed by atoms with van der Waals surface area (Å²) in [5.41, 5.74) is -2.02. The lowest BCUT2D eigenvalue weighted by atomic mass is 9.46. The number of hydrogen-bond donors (Lipinski definition) is 0. The fourth-order valence-corrected chi connectivity index (χ4v) is 10.2. The van der Waals surface area contributed by atoms with E-state index in [2.05, 4.69) is 6.58 Å². The first-order valence-corrected chi connectivity index (χ1v) is 13.7. The summed E-state index contributed by atoms with van der Waals surface area (Å²) in [6.45, 7) is 8.96. The molecule has 4 saturated carbocycles. The number of nitriles is 1. The number of nitrogens with zero attached hydrogens (tertiary/aromatic N) is 1. The Labute approximate surface area is 232 Å². The van der Waals surface area contributed by atoms with E-state index in [1.54, 1.807) is 13.0 Å². The summed E-state index contributed by atoms with van der Waals surface area (Å²) in [5, 5.41) is 7.32. The normalized spacial score (nSPS) is 44.7. The minimum atomic E-state index is -1.23. The number of rotatable bonds is 3. The summed E-state index contributed by atoms with van der Waals surface area (Å²) in [6, 6.07) is 11.5. The van der Waals surface area contributed by atoms with Crippen LogP contribution in [0.2, 0.25) is 0 Å². The second-order valence-electron chi connectivity index (χ2n) is 12.4. The average Bonchev–Trinajstić information content (AvgIpc) is 3.49. The molecule has 4 aliphatic carbocycles. The van der Waals surface area contributed by atoms with E-state index in [-0.39, 0.29) is 11.9 Å². The molecule has 0 radical (unpaired) electrons. The van der Waals surface area contributed by atoms with Crippen LogP contribution in [0.3, 0.4) is 0 Å². The molecule has 1 aromatic rings. The van der Waals surface area contributed by atoms with Crippen LogP contribution in [-0.2, 0) is 43.5 Å². The molecule has 1 aromatic carbocycles. The van der Waals surface area contributed by atoms with Crippen molar-refractivity contribution < 1.29 is 38.1 Å². The van der Waals surface area contributed by atoms with E-state index in [9.17, 15) is 19.2 Å². The Morgan fingerprint density at radius 3 is 2.48 bits per heavy atom. The van der Waals surface area contributed by atoms with Crippen molar-refractivity contribution in [3.63, 3.8) is 0 Å². The molecule has 40 heavy (non-hydrogen) atoms. The summed E-state index contributed by atoms with van der Waals surface area (Å²) in [6.07, 6.45) is 0.532. The van der Waals surface area contributed by atoms with Gasteiger partial charge < -0.3 is 18.9 Å². The van der Waals surface area contributed by atoms with Crippen molar-refractivity contribution in [2.45, 2.75) is 69.7 Å². The van der Waals surface area contributed by atoms with E-state index < -0.39 is 69.7 Å². The molecular formula is C31H33NO8. The van der Waals surface area contributed by atoms with Crippen LogP contribution in [-0.4, -0.2) is 48.8 Å². The highest BCUT2D eigenvalue weighted by molar-refractivity contribution is 5.91. The molecule has 6 aliphatic rings. The quantitative estimate of drug-likeness (QED) is 0.318. The standard InChI is InChI=1S/C29H30O8.C2H3N/c1-14-12-27-13-28(14,37-15(2)30)11-10-17(27)29(16-8-6-5-7-9-16)18-20-22(36-24(18)32)26(3,25(33)35-20)21(29)19(27)23(31)34-4;1-2-3/h5-9,17-22H,1,10-13H2,2-4H3;1H3/t17-,18+,19-,20-,21-,22+,26+,27+,28+,29+;/m1./s1. The number of hydrogen-bond acceptors (Lipinski definition) is 9. The second-order valence-corrected chi connectivity index (χ2v) is 12.4. The van der Waals surface area contributed by atoms with E-state index in [4.69, 9.17) is 24.2 Å². The summed E-state index contributed by atoms with van der Waals surface area (Å²) >= 11 is 0. The molecule has 6 fully saturated rings. The molecule has 10 atom stereocenters. The van der Waals surface area contributed by atoms with E-state index >= 15 is 0 Å². The molecule has 2 saturated heterocycles. The Morgan fingerprint density at radius 2 is 1.85 bits per heavy atom. The number of benzene rings is 1. The number of ether oxygens (including phenoxy) is 4. The molecule has 2 aliphatic heterocycles. The van der Waals surface area contributed by atoms with Gasteiger partial charge in [0.2, 0.25) is 0 Å². The number of carbonyl (C=O) groups is 4. The highest BCUT2D eigenvalue weighted by atomic mass is 16.6. The van der Waals surface area contributed by atoms with Crippen LogP contribution in [0.1, 0.15) is 52.0 Å². The third-order valence-corrected chi connectivity index (χ3v) is 11.0. The molecule has 210 valence electrons. The average molecular weight is 548 g/mol. The number of methoxy groups -OCH3 is 1. The predicted molar refractivity (Wildman–Crippen MR) is 138 cm³/mol. The molecular weight excluding hydrogens is 514 g/mol. The highest BCUT2D eigenvalue weighted by Gasteiger charge is 2.89. The van der Waals surface area contributed by atoms with Crippen LogP contribution in [0.15, 0.2) is 42.5 Å². The van der Waals surface area contributed by atoms with E-state index in [0.717, 1.165) is 11.1 Å². The lowest BCUT2D eigenvalue weighted by Crippen LogP contribution is -2.61. The smallest absolute Gasteiger partial charge is 0.316 e. The Hall–Kier alpha value is -3.67. The van der Waals surface area contributed by atoms with Crippen LogP contribution >= 0.6 is 0 Å². The lowest BCUT2D eigenvalue weighted by molar-refractivity contribution is -0.165. The fourth-order valence-electron chi connectivity index (χ4n) is 10.2. The summed E-state index contributed by atoms with van der Waals surface area (Å²) in [7, 11) is 1.36. The SMILES string of the molecule is C=C1C[C@]23C[C@@]1(OC(C)=O)CC[C@H]2[C@@]1(c2ccccc2)[C@@H]2C(=O)O[C@H]4[C@@H]2OC(=O)[C@@]4(C)[C@H]1[C@@H]3C(=O)OC.CC#N. The van der Waals surface area contributed by atoms with Crippen LogP contribution in [0.5, 0.6) is 0 Å². The zero-order valence-electron chi connectivity index (χ0n) is 23.1. The van der Waals surface area contributed by atoms with E-state index in [1.807, 2.05) is 30.3 Å². The zero-order valence-corrected chi connectivity index (χ0v) is 23.1. The van der Waals surface area contributed by atoms with Crippen molar-refractivity contribution in [1.29, 1.82) is 5.26 Å². The van der Waals surface area contributed by atoms with Gasteiger partial charge in [0.25, 0.3) is 0 Å². The second kappa shape index (κ2) is 8.42. The minimum absolute atomic E-state index is 0.188. The molecule has 2 heterocycles. The molecule has 9 nitrogen and oxygen atoms in total. The van der Waals surface area contributed by atoms with Crippen molar-refractivity contribution in [2.75, 3.05) is 7.11 Å².